The summed E-state index contributed by atoms with van der Waals surface area (Å²) in [6, 6.07) is 3.54. The number of hydrogen-bond donors (Lipinski definition) is 1. The summed E-state index contributed by atoms with van der Waals surface area (Å²) in [5, 5.41) is 17.9. The number of rotatable bonds is 10. The molecule has 0 aromatic carbocycles. The molecule has 3 aromatic rings. The van der Waals surface area contributed by atoms with Crippen molar-refractivity contribution in [2.45, 2.75) is 58.5 Å². The highest BCUT2D eigenvalue weighted by Gasteiger charge is 2.47. The van der Waals surface area contributed by atoms with Gasteiger partial charge in [-0.25, -0.2) is 14.6 Å². The lowest BCUT2D eigenvalue weighted by Gasteiger charge is -2.18. The third-order valence-electron chi connectivity index (χ3n) is 7.38. The molecule has 0 spiro atoms. The van der Waals surface area contributed by atoms with Crippen molar-refractivity contribution in [3.8, 4) is 23.1 Å². The molecule has 11 nitrogen and oxygen atoms in total. The minimum atomic E-state index is -2.96. The summed E-state index contributed by atoms with van der Waals surface area (Å²) in [4.78, 5) is 24.3. The topological polar surface area (TPSA) is 134 Å². The molecule has 3 aromatic heterocycles. The number of aliphatic carboxylic acids is 1. The van der Waals surface area contributed by atoms with Gasteiger partial charge in [0.2, 0.25) is 0 Å². The van der Waals surface area contributed by atoms with Crippen molar-refractivity contribution in [3.05, 3.63) is 40.4 Å². The average Bonchev–Trinajstić information content (AvgIpc) is 3.58. The summed E-state index contributed by atoms with van der Waals surface area (Å²) in [5.74, 6) is 0.213. The third kappa shape index (κ3) is 5.93. The van der Waals surface area contributed by atoms with Crippen LogP contribution in [0.1, 0.15) is 42.8 Å². The number of aromatic nitrogens is 6. The number of nitrogens with zero attached hydrogens (tertiary/aromatic N) is 6. The van der Waals surface area contributed by atoms with Crippen molar-refractivity contribution >= 4 is 17.6 Å². The van der Waals surface area contributed by atoms with Crippen LogP contribution in [0.2, 0.25) is 5.02 Å². The molecule has 0 saturated heterocycles. The average molecular weight is 565 g/mol. The van der Waals surface area contributed by atoms with Gasteiger partial charge < -0.3 is 19.3 Å². The highest BCUT2D eigenvalue weighted by molar-refractivity contribution is 6.31. The first-order valence-corrected chi connectivity index (χ1v) is 12.9. The Kier molecular flexibility index (Phi) is 7.89. The number of carboxylic acid groups (broad SMARTS) is 1. The van der Waals surface area contributed by atoms with Crippen molar-refractivity contribution in [1.29, 1.82) is 0 Å². The van der Waals surface area contributed by atoms with E-state index in [1.807, 2.05) is 13.0 Å². The quantitative estimate of drug-likeness (QED) is 0.381. The molecule has 0 unspecified atom stereocenters. The summed E-state index contributed by atoms with van der Waals surface area (Å²) in [6.45, 7) is -1.64. The summed E-state index contributed by atoms with van der Waals surface area (Å²) in [6.07, 6.45) is 4.47. The summed E-state index contributed by atoms with van der Waals surface area (Å²) in [7, 11) is 1.70. The van der Waals surface area contributed by atoms with Gasteiger partial charge in [0, 0.05) is 7.05 Å². The van der Waals surface area contributed by atoms with Gasteiger partial charge >= 0.3 is 18.6 Å². The fourth-order valence-electron chi connectivity index (χ4n) is 5.49. The summed E-state index contributed by atoms with van der Waals surface area (Å²) >= 11 is 5.96. The lowest BCUT2D eigenvalue weighted by molar-refractivity contribution is -0.143. The van der Waals surface area contributed by atoms with E-state index in [9.17, 15) is 18.7 Å². The Labute approximate surface area is 227 Å². The van der Waals surface area contributed by atoms with E-state index in [0.717, 1.165) is 25.7 Å². The first kappa shape index (κ1) is 27.1. The van der Waals surface area contributed by atoms with E-state index in [0.29, 0.717) is 34.4 Å². The summed E-state index contributed by atoms with van der Waals surface area (Å²) in [5.41, 5.74) is 2.37. The third-order valence-corrected chi connectivity index (χ3v) is 7.70. The van der Waals surface area contributed by atoms with Crippen molar-refractivity contribution in [3.63, 3.8) is 0 Å². The van der Waals surface area contributed by atoms with Crippen molar-refractivity contribution in [2.24, 2.45) is 24.8 Å². The predicted molar refractivity (Wildman–Crippen MR) is 132 cm³/mol. The molecule has 1 N–H and O–H groups in total. The number of aryl methyl sites for hydroxylation is 2. The molecule has 5 rings (SSSR count). The fourth-order valence-corrected chi connectivity index (χ4v) is 5.64. The van der Waals surface area contributed by atoms with Crippen LogP contribution in [0.15, 0.2) is 18.3 Å². The standard InChI is InChI=1S/C25H27ClF2N6O5/c1-12-21(39-14-7-13-3-4-15(23(35)36)16(13)8-14)6-5-18(30-12)22-20(34(2)33-32-22)11-38-25-29-9-17(26)19(31-25)10-37-24(27)28/h5-6,9,13-16,24H,3-4,7-8,10-11H2,1-2H3,(H,35,36)/t13-,14-,15-,16+/m0/s1. The Morgan fingerprint density at radius 2 is 2.05 bits per heavy atom. The molecular weight excluding hydrogens is 538 g/mol. The first-order chi connectivity index (χ1) is 18.7. The number of fused-ring (bicyclic) bond motifs is 1. The van der Waals surface area contributed by atoms with Crippen LogP contribution in [0, 0.1) is 24.7 Å². The van der Waals surface area contributed by atoms with Crippen LogP contribution in [0.3, 0.4) is 0 Å². The largest absolute Gasteiger partial charge is 0.489 e. The molecule has 2 aliphatic rings. The van der Waals surface area contributed by atoms with Crippen LogP contribution in [-0.2, 0) is 29.8 Å². The van der Waals surface area contributed by atoms with Gasteiger partial charge in [0.1, 0.15) is 23.7 Å². The maximum Gasteiger partial charge on any atom is 0.345 e. The molecule has 2 saturated carbocycles. The SMILES string of the molecule is Cc1nc(-c2nnn(C)c2COc2ncc(Cl)c(COC(F)F)n2)ccc1O[C@H]1C[C@@H]2CC[C@H](C(=O)O)[C@@H]2C1. The van der Waals surface area contributed by atoms with E-state index in [4.69, 9.17) is 21.1 Å². The van der Waals surface area contributed by atoms with Crippen LogP contribution in [0.4, 0.5) is 8.78 Å². The number of carbonyl (C=O) groups is 1. The monoisotopic (exact) mass is 564 g/mol. The normalized spacial score (nSPS) is 22.3. The molecule has 0 amide bonds. The molecular formula is C25H27ClF2N6O5. The van der Waals surface area contributed by atoms with Gasteiger partial charge in [0.05, 0.1) is 46.9 Å². The van der Waals surface area contributed by atoms with Gasteiger partial charge in [-0.2, -0.15) is 13.8 Å². The smallest absolute Gasteiger partial charge is 0.345 e. The first-order valence-electron chi connectivity index (χ1n) is 12.5. The molecule has 0 aliphatic heterocycles. The maximum absolute atomic E-state index is 12.4. The van der Waals surface area contributed by atoms with Gasteiger partial charge in [0.25, 0.3) is 0 Å². The molecule has 208 valence electrons. The minimum Gasteiger partial charge on any atom is -0.489 e. The molecule has 0 bridgehead atoms. The van der Waals surface area contributed by atoms with Crippen molar-refractivity contribution in [1.82, 2.24) is 29.9 Å². The molecule has 0 radical (unpaired) electrons. The Hall–Kier alpha value is -3.45. The van der Waals surface area contributed by atoms with Crippen molar-refractivity contribution in [2.75, 3.05) is 0 Å². The van der Waals surface area contributed by atoms with E-state index >= 15 is 0 Å². The Bertz CT molecular complexity index is 1360. The Morgan fingerprint density at radius 1 is 1.23 bits per heavy atom. The molecule has 2 fully saturated rings. The second-order valence-electron chi connectivity index (χ2n) is 9.75. The zero-order chi connectivity index (χ0) is 27.7. The zero-order valence-corrected chi connectivity index (χ0v) is 22.0. The number of halogens is 3. The van der Waals surface area contributed by atoms with Gasteiger partial charge in [-0.05, 0) is 56.6 Å². The van der Waals surface area contributed by atoms with E-state index in [2.05, 4.69) is 30.0 Å². The van der Waals surface area contributed by atoms with E-state index in [-0.39, 0.29) is 41.3 Å². The molecule has 14 heteroatoms. The van der Waals surface area contributed by atoms with Gasteiger partial charge in [-0.15, -0.1) is 5.10 Å². The van der Waals surface area contributed by atoms with E-state index in [1.165, 1.54) is 10.9 Å². The molecule has 4 atom stereocenters. The highest BCUT2D eigenvalue weighted by atomic mass is 35.5. The number of ether oxygens (including phenoxy) is 3. The number of carboxylic acids is 1. The van der Waals surface area contributed by atoms with E-state index in [1.54, 1.807) is 13.1 Å². The number of pyridine rings is 1. The van der Waals surface area contributed by atoms with Crippen LogP contribution >= 0.6 is 11.6 Å². The fraction of sp³-hybridized carbons (Fsp3) is 0.520. The number of hydrogen-bond acceptors (Lipinski definition) is 9. The van der Waals surface area contributed by atoms with Gasteiger partial charge in [-0.3, -0.25) is 4.79 Å². The van der Waals surface area contributed by atoms with Crippen LogP contribution < -0.4 is 9.47 Å². The van der Waals surface area contributed by atoms with E-state index < -0.39 is 19.2 Å². The molecule has 3 heterocycles. The Morgan fingerprint density at radius 3 is 2.79 bits per heavy atom. The lowest BCUT2D eigenvalue weighted by atomic mass is 9.92. The minimum absolute atomic E-state index is 0.0236. The molecule has 2 aliphatic carbocycles. The summed E-state index contributed by atoms with van der Waals surface area (Å²) < 4.78 is 42.5. The lowest BCUT2D eigenvalue weighted by Crippen LogP contribution is -2.21. The zero-order valence-electron chi connectivity index (χ0n) is 21.3. The highest BCUT2D eigenvalue weighted by Crippen LogP contribution is 2.48. The predicted octanol–water partition coefficient (Wildman–Crippen LogP) is 4.22. The number of alkyl halides is 2. The van der Waals surface area contributed by atoms with Crippen LogP contribution in [0.25, 0.3) is 11.4 Å². The molecule has 39 heavy (non-hydrogen) atoms. The second kappa shape index (κ2) is 11.3. The maximum atomic E-state index is 12.4. The second-order valence-corrected chi connectivity index (χ2v) is 10.2. The van der Waals surface area contributed by atoms with Crippen LogP contribution in [-0.4, -0.2) is 53.7 Å². The van der Waals surface area contributed by atoms with Gasteiger partial charge in [0.15, 0.2) is 0 Å². The Balaban J connectivity index is 1.26. The van der Waals surface area contributed by atoms with Crippen molar-refractivity contribution < 1.29 is 32.9 Å². The van der Waals surface area contributed by atoms with Crippen LogP contribution in [0.5, 0.6) is 11.8 Å². The van der Waals surface area contributed by atoms with Gasteiger partial charge in [-0.1, -0.05) is 16.8 Å².